The molecule has 0 bridgehead atoms. The predicted molar refractivity (Wildman–Crippen MR) is 120 cm³/mol. The number of aromatic nitrogens is 7. The number of nitrogens with zero attached hydrogens (tertiary/aromatic N) is 7. The number of fused-ring (bicyclic) bond motifs is 1. The number of aromatic carboxylic acids is 1. The zero-order chi connectivity index (χ0) is 24.2. The molecule has 0 aromatic carbocycles. The lowest BCUT2D eigenvalue weighted by atomic mass is 9.90. The summed E-state index contributed by atoms with van der Waals surface area (Å²) in [4.78, 5) is 28.4. The number of ether oxygens (including phenoxy) is 1. The van der Waals surface area contributed by atoms with Crippen molar-refractivity contribution in [2.75, 3.05) is 7.11 Å². The molecule has 1 aliphatic carbocycles. The van der Waals surface area contributed by atoms with Crippen LogP contribution in [0.1, 0.15) is 77.3 Å². The number of methoxy groups -OCH3 is 1. The van der Waals surface area contributed by atoms with Crippen molar-refractivity contribution in [3.63, 3.8) is 0 Å². The fourth-order valence-electron chi connectivity index (χ4n) is 4.18. The van der Waals surface area contributed by atoms with E-state index in [1.807, 2.05) is 31.4 Å². The van der Waals surface area contributed by atoms with Crippen LogP contribution < -0.4 is 0 Å². The molecule has 176 valence electrons. The quantitative estimate of drug-likeness (QED) is 0.432. The highest BCUT2D eigenvalue weighted by atomic mass is 16.5. The smallest absolute Gasteiger partial charge is 0.358 e. The largest absolute Gasteiger partial charge is 0.476 e. The third-order valence-electron chi connectivity index (χ3n) is 5.86. The first-order valence-electron chi connectivity index (χ1n) is 11.0. The highest BCUT2D eigenvalue weighted by Crippen LogP contribution is 2.41. The van der Waals surface area contributed by atoms with Crippen molar-refractivity contribution in [2.24, 2.45) is 0 Å². The molecule has 0 spiro atoms. The van der Waals surface area contributed by atoms with Crippen molar-refractivity contribution in [1.82, 2.24) is 34.2 Å². The van der Waals surface area contributed by atoms with Crippen molar-refractivity contribution in [1.29, 1.82) is 0 Å². The molecule has 1 saturated carbocycles. The lowest BCUT2D eigenvalue weighted by molar-refractivity contribution is 0.0599. The van der Waals surface area contributed by atoms with Crippen LogP contribution in [-0.2, 0) is 16.7 Å². The fourth-order valence-corrected chi connectivity index (χ4v) is 4.18. The Morgan fingerprint density at radius 2 is 1.97 bits per heavy atom. The number of pyridine rings is 1. The van der Waals surface area contributed by atoms with Crippen molar-refractivity contribution in [3.8, 4) is 5.69 Å². The van der Waals surface area contributed by atoms with Crippen LogP contribution in [0.4, 0.5) is 0 Å². The molecule has 0 saturated heterocycles. The summed E-state index contributed by atoms with van der Waals surface area (Å²) in [6, 6.07) is 2.05. The van der Waals surface area contributed by atoms with Crippen molar-refractivity contribution in [2.45, 2.75) is 51.5 Å². The third-order valence-corrected chi connectivity index (χ3v) is 5.86. The Labute approximate surface area is 195 Å². The first-order chi connectivity index (χ1) is 16.2. The Morgan fingerprint density at radius 1 is 1.21 bits per heavy atom. The minimum absolute atomic E-state index is 0.0557. The van der Waals surface area contributed by atoms with Gasteiger partial charge in [-0.15, -0.1) is 5.10 Å². The standard InChI is InChI=1S/C23H25N7O4/c1-23(2,3)19-18(21(31)32)26-27-30(19)12-16-11-28-9-14(13-5-6-13)7-17(20(28)25-16)29-10-15(8-24-29)22(33)34-4/h7-11,13H,5-6,12H2,1-4H3,(H,31,32). The molecule has 0 radical (unpaired) electrons. The normalized spacial score (nSPS) is 14.0. The first kappa shape index (κ1) is 21.8. The summed E-state index contributed by atoms with van der Waals surface area (Å²) < 4.78 is 9.97. The van der Waals surface area contributed by atoms with Gasteiger partial charge in [0.1, 0.15) is 5.69 Å². The number of carboxylic acid groups (broad SMARTS) is 1. The van der Waals surface area contributed by atoms with Crippen LogP contribution >= 0.6 is 0 Å². The van der Waals surface area contributed by atoms with Crippen LogP contribution in [0.2, 0.25) is 0 Å². The van der Waals surface area contributed by atoms with Crippen LogP contribution in [0.25, 0.3) is 11.3 Å². The Kier molecular flexibility index (Phi) is 4.99. The van der Waals surface area contributed by atoms with E-state index in [0.29, 0.717) is 28.5 Å². The SMILES string of the molecule is COC(=O)c1cnn(-c2cc(C3CC3)cn3cc(Cn4nnc(C(=O)O)c4C(C)(C)C)nc23)c1. The molecule has 1 fully saturated rings. The van der Waals surface area contributed by atoms with Gasteiger partial charge >= 0.3 is 11.9 Å². The van der Waals surface area contributed by atoms with Crippen molar-refractivity contribution in [3.05, 3.63) is 59.1 Å². The molecule has 0 amide bonds. The molecule has 1 aliphatic rings. The van der Waals surface area contributed by atoms with Crippen LogP contribution in [-0.4, -0.2) is 58.3 Å². The molecule has 11 nitrogen and oxygen atoms in total. The summed E-state index contributed by atoms with van der Waals surface area (Å²) in [6.45, 7) is 6.04. The topological polar surface area (TPSA) is 129 Å². The van der Waals surface area contributed by atoms with E-state index < -0.39 is 17.4 Å². The zero-order valence-electron chi connectivity index (χ0n) is 19.4. The summed E-state index contributed by atoms with van der Waals surface area (Å²) in [7, 11) is 1.33. The van der Waals surface area contributed by atoms with Gasteiger partial charge in [-0.3, -0.25) is 0 Å². The lowest BCUT2D eigenvalue weighted by Crippen LogP contribution is -2.22. The van der Waals surface area contributed by atoms with E-state index in [4.69, 9.17) is 9.72 Å². The van der Waals surface area contributed by atoms with Crippen LogP contribution in [0, 0.1) is 0 Å². The van der Waals surface area contributed by atoms with E-state index in [9.17, 15) is 14.7 Å². The molecule has 0 aliphatic heterocycles. The molecular formula is C23H25N7O4. The summed E-state index contributed by atoms with van der Waals surface area (Å²) in [5.74, 6) is -1.08. The van der Waals surface area contributed by atoms with E-state index in [0.717, 1.165) is 18.5 Å². The number of carbonyl (C=O) groups is 2. The van der Waals surface area contributed by atoms with Gasteiger partial charge in [0.25, 0.3) is 0 Å². The van der Waals surface area contributed by atoms with Crippen molar-refractivity contribution < 1.29 is 19.4 Å². The minimum atomic E-state index is -1.11. The summed E-state index contributed by atoms with van der Waals surface area (Å²) in [5.41, 5.74) is 3.63. The molecule has 0 atom stereocenters. The van der Waals surface area contributed by atoms with Crippen LogP contribution in [0.3, 0.4) is 0 Å². The Hall–Kier alpha value is -4.02. The van der Waals surface area contributed by atoms with Gasteiger partial charge < -0.3 is 14.2 Å². The number of rotatable bonds is 6. The third kappa shape index (κ3) is 3.82. The predicted octanol–water partition coefficient (Wildman–Crippen LogP) is 2.82. The number of hydrogen-bond acceptors (Lipinski definition) is 7. The van der Waals surface area contributed by atoms with Gasteiger partial charge in [0.2, 0.25) is 0 Å². The Morgan fingerprint density at radius 3 is 2.62 bits per heavy atom. The second-order valence-electron chi connectivity index (χ2n) is 9.56. The molecule has 4 aromatic heterocycles. The van der Waals surface area contributed by atoms with Crippen LogP contribution in [0.15, 0.2) is 30.9 Å². The molecular weight excluding hydrogens is 438 g/mol. The first-order valence-corrected chi connectivity index (χ1v) is 11.0. The van der Waals surface area contributed by atoms with Gasteiger partial charge in [-0.05, 0) is 30.4 Å². The molecule has 4 aromatic rings. The fraction of sp³-hybridized carbons (Fsp3) is 0.391. The number of carboxylic acids is 1. The number of esters is 1. The highest BCUT2D eigenvalue weighted by molar-refractivity contribution is 5.89. The molecule has 0 unspecified atom stereocenters. The maximum atomic E-state index is 11.9. The number of hydrogen-bond donors (Lipinski definition) is 1. The summed E-state index contributed by atoms with van der Waals surface area (Å²) in [5, 5.41) is 21.9. The van der Waals surface area contributed by atoms with Gasteiger partial charge in [-0.1, -0.05) is 26.0 Å². The molecule has 34 heavy (non-hydrogen) atoms. The van der Waals surface area contributed by atoms with Gasteiger partial charge in [-0.25, -0.2) is 23.9 Å². The molecule has 1 N–H and O–H groups in total. The van der Waals surface area contributed by atoms with Crippen LogP contribution in [0.5, 0.6) is 0 Å². The van der Waals surface area contributed by atoms with E-state index in [2.05, 4.69) is 27.7 Å². The molecule has 11 heteroatoms. The highest BCUT2D eigenvalue weighted by Gasteiger charge is 2.30. The summed E-state index contributed by atoms with van der Waals surface area (Å²) in [6.07, 6.45) is 9.32. The maximum absolute atomic E-state index is 11.9. The second kappa shape index (κ2) is 7.79. The summed E-state index contributed by atoms with van der Waals surface area (Å²) >= 11 is 0. The Balaban J connectivity index is 1.59. The number of imidazole rings is 1. The van der Waals surface area contributed by atoms with E-state index in [-0.39, 0.29) is 12.2 Å². The average Bonchev–Trinajstić information content (AvgIpc) is 3.18. The lowest BCUT2D eigenvalue weighted by Gasteiger charge is -2.19. The molecule has 5 rings (SSSR count). The number of carbonyl (C=O) groups excluding carboxylic acids is 1. The monoisotopic (exact) mass is 463 g/mol. The van der Waals surface area contributed by atoms with E-state index >= 15 is 0 Å². The minimum Gasteiger partial charge on any atom is -0.476 e. The van der Waals surface area contributed by atoms with Crippen molar-refractivity contribution >= 4 is 17.6 Å². The Bertz CT molecular complexity index is 1420. The van der Waals surface area contributed by atoms with Gasteiger partial charge in [0, 0.05) is 24.0 Å². The molecule has 4 heterocycles. The van der Waals surface area contributed by atoms with Gasteiger partial charge in [0.05, 0.1) is 36.8 Å². The zero-order valence-corrected chi connectivity index (χ0v) is 19.4. The maximum Gasteiger partial charge on any atom is 0.358 e. The van der Waals surface area contributed by atoms with Gasteiger partial charge in [-0.2, -0.15) is 5.10 Å². The van der Waals surface area contributed by atoms with Gasteiger partial charge in [0.15, 0.2) is 11.3 Å². The van der Waals surface area contributed by atoms with E-state index in [1.165, 1.54) is 18.9 Å². The average molecular weight is 463 g/mol. The van der Waals surface area contributed by atoms with E-state index in [1.54, 1.807) is 15.6 Å². The second-order valence-corrected chi connectivity index (χ2v) is 9.56.